The smallest absolute Gasteiger partial charge is 0.227 e. The van der Waals surface area contributed by atoms with Gasteiger partial charge < -0.3 is 74.6 Å². The number of aromatic nitrogens is 3. The fraction of sp³-hybridized carbons (Fsp3) is 0.804. The number of halogens is 1. The van der Waals surface area contributed by atoms with Gasteiger partial charge in [0.15, 0.2) is 18.9 Å². The van der Waals surface area contributed by atoms with Crippen molar-refractivity contribution in [2.24, 2.45) is 50.2 Å². The first-order valence-electron chi connectivity index (χ1n) is 27.7. The third kappa shape index (κ3) is 9.33. The molecule has 1 amide bonds. The number of fused-ring (bicyclic) bond motifs is 7. The molecule has 76 heavy (non-hydrogen) atoms. The van der Waals surface area contributed by atoms with Crippen LogP contribution in [0.2, 0.25) is 5.02 Å². The van der Waals surface area contributed by atoms with Gasteiger partial charge in [-0.2, -0.15) is 0 Å². The number of aliphatic hydroxyl groups is 8. The highest BCUT2D eigenvalue weighted by Gasteiger charge is 2.70. The second-order valence-electron chi connectivity index (χ2n) is 26.0. The molecule has 22 atom stereocenters. The molecule has 4 heterocycles. The summed E-state index contributed by atoms with van der Waals surface area (Å²) in [7, 11) is 0. The molecule has 9 N–H and O–H groups in total. The van der Waals surface area contributed by atoms with Crippen LogP contribution >= 0.6 is 11.6 Å². The van der Waals surface area contributed by atoms with Gasteiger partial charge in [-0.3, -0.25) is 4.79 Å². The van der Waals surface area contributed by atoms with E-state index < -0.39 is 110 Å². The molecule has 424 valence electrons. The van der Waals surface area contributed by atoms with E-state index in [9.17, 15) is 45.6 Å². The van der Waals surface area contributed by atoms with Crippen molar-refractivity contribution < 1.29 is 74.1 Å². The van der Waals surface area contributed by atoms with Gasteiger partial charge in [-0.05, 0) is 128 Å². The van der Waals surface area contributed by atoms with E-state index in [1.165, 1.54) is 12.5 Å². The first-order chi connectivity index (χ1) is 35.8. The van der Waals surface area contributed by atoms with Gasteiger partial charge in [0.2, 0.25) is 5.91 Å². The van der Waals surface area contributed by atoms with Gasteiger partial charge in [-0.1, -0.05) is 89.1 Å². The lowest BCUT2D eigenvalue weighted by Crippen LogP contribution is -2.66. The second kappa shape index (κ2) is 20.7. The molecule has 0 bridgehead atoms. The molecule has 8 aliphatic rings. The van der Waals surface area contributed by atoms with Gasteiger partial charge in [0.05, 0.1) is 54.3 Å². The normalized spacial score (nSPS) is 46.8. The molecular formula is C56H83ClN4O15. The van der Waals surface area contributed by atoms with Crippen molar-refractivity contribution >= 4 is 17.5 Å². The Morgan fingerprint density at radius 2 is 1.49 bits per heavy atom. The Morgan fingerprint density at radius 1 is 0.789 bits per heavy atom. The van der Waals surface area contributed by atoms with Crippen molar-refractivity contribution in [3.8, 4) is 5.69 Å². The van der Waals surface area contributed by atoms with Crippen LogP contribution in [0.15, 0.2) is 42.1 Å². The number of rotatable bonds is 11. The zero-order chi connectivity index (χ0) is 54.7. The lowest BCUT2D eigenvalue weighted by atomic mass is 9.33. The van der Waals surface area contributed by atoms with Crippen LogP contribution in [-0.4, -0.2) is 167 Å². The van der Waals surface area contributed by atoms with E-state index >= 15 is 0 Å². The standard InChI is InChI=1S/C56H83ClN4O15/c1-28-39(63)42(66)44(68)47(72-28)76-46-41(65)35(74-48-45(69)43(67)40(64)34(26-62)73-48)27-71-49(46)75-38-16-17-53(6)36(52(38,4)5)15-18-55(8)37(53)14-13-30-31-23-51(2,3)19-21-56(31,22-20-54(30,55)7)50(70)58-24-29-25-61(60-59-29)33-12-10-9-11-32(33)57/h9-13,25,28,31,34-49,62-69H,14-24,26-27H2,1-8H3,(H,58,70)/t28-,31-,34+,35-,36-,37+,38-,39-,40+,41-,42+,43-,44+,45+,46+,47-,48-,49-,53-,54+,55+,56-/m0/s1. The number of hydrogen-bond acceptors (Lipinski definition) is 17. The fourth-order valence-electron chi connectivity index (χ4n) is 16.3. The summed E-state index contributed by atoms with van der Waals surface area (Å²) in [4.78, 5) is 14.9. The average Bonchev–Trinajstić information content (AvgIpc) is 3.87. The summed E-state index contributed by atoms with van der Waals surface area (Å²) in [5, 5.41) is 98.5. The Morgan fingerprint density at radius 3 is 2.21 bits per heavy atom. The zero-order valence-corrected chi connectivity index (χ0v) is 46.0. The Kier molecular flexibility index (Phi) is 15.4. The van der Waals surface area contributed by atoms with Gasteiger partial charge >= 0.3 is 0 Å². The molecule has 0 radical (unpaired) electrons. The fourth-order valence-corrected chi connectivity index (χ4v) is 16.5. The van der Waals surface area contributed by atoms with E-state index in [0.717, 1.165) is 63.5 Å². The minimum Gasteiger partial charge on any atom is -0.394 e. The SMILES string of the molecule is C[C@@H]1O[C@@H](O[C@H]2[C@H](O[C@H]3CC[C@]4(C)[C@H]5CC=C6[C@@H]7CC(C)(C)CC[C@]7(C(=O)NCc7cn(-c8ccccc8Cl)nn7)CC[C@@]6(C)[C@]5(C)CC[C@H]4C3(C)C)OC[C@H](O[C@@H]3O[C@H](CO)[C@@H](O)[C@H](O)[C@H]3O)[C@@H]2O)[C@H](O)[C@H](O)[C@H]1O. The van der Waals surface area contributed by atoms with Gasteiger partial charge in [0.25, 0.3) is 0 Å². The highest BCUT2D eigenvalue weighted by atomic mass is 35.5. The summed E-state index contributed by atoms with van der Waals surface area (Å²) < 4.78 is 38.7. The minimum absolute atomic E-state index is 0.0604. The lowest BCUT2D eigenvalue weighted by Gasteiger charge is -2.71. The Labute approximate surface area is 450 Å². The Bertz CT molecular complexity index is 2460. The maximum absolute atomic E-state index is 14.9. The van der Waals surface area contributed by atoms with Crippen molar-refractivity contribution in [1.29, 1.82) is 0 Å². The van der Waals surface area contributed by atoms with E-state index in [1.54, 1.807) is 4.68 Å². The Hall–Kier alpha value is -2.70. The number of ether oxygens (including phenoxy) is 6. The number of nitrogens with zero attached hydrogens (tertiary/aromatic N) is 3. The van der Waals surface area contributed by atoms with Gasteiger partial charge in [0.1, 0.15) is 66.7 Å². The van der Waals surface area contributed by atoms with E-state index in [0.29, 0.717) is 23.1 Å². The molecular weight excluding hydrogens is 1000 g/mol. The number of benzene rings is 1. The predicted molar refractivity (Wildman–Crippen MR) is 274 cm³/mol. The maximum atomic E-state index is 14.9. The first-order valence-corrected chi connectivity index (χ1v) is 28.1. The van der Waals surface area contributed by atoms with Crippen molar-refractivity contribution in [3.63, 3.8) is 0 Å². The molecule has 1 aromatic heterocycles. The number of nitrogens with one attached hydrogen (secondary N) is 1. The van der Waals surface area contributed by atoms with Gasteiger partial charge in [-0.25, -0.2) is 4.68 Å². The first kappa shape index (κ1) is 56.6. The molecule has 2 aromatic rings. The second-order valence-corrected chi connectivity index (χ2v) is 26.4. The lowest BCUT2D eigenvalue weighted by molar-refractivity contribution is -0.380. The molecule has 3 saturated heterocycles. The van der Waals surface area contributed by atoms with Crippen LogP contribution in [0.5, 0.6) is 0 Å². The molecule has 0 spiro atoms. The summed E-state index contributed by atoms with van der Waals surface area (Å²) in [6, 6.07) is 7.46. The number of hydrogen-bond donors (Lipinski definition) is 9. The van der Waals surface area contributed by atoms with Gasteiger partial charge in [0, 0.05) is 0 Å². The summed E-state index contributed by atoms with van der Waals surface area (Å²) >= 11 is 6.47. The molecule has 7 fully saturated rings. The number of para-hydroxylation sites is 1. The third-order valence-corrected chi connectivity index (χ3v) is 21.4. The molecule has 1 aromatic carbocycles. The number of allylic oxidation sites excluding steroid dienone is 2. The molecule has 0 unspecified atom stereocenters. The molecule has 20 heteroatoms. The van der Waals surface area contributed by atoms with E-state index in [4.69, 9.17) is 40.0 Å². The van der Waals surface area contributed by atoms with Crippen molar-refractivity contribution in [2.75, 3.05) is 13.2 Å². The zero-order valence-electron chi connectivity index (χ0n) is 45.2. The number of aliphatic hydroxyl groups excluding tert-OH is 8. The summed E-state index contributed by atoms with van der Waals surface area (Å²) in [5.74, 6) is 0.741. The van der Waals surface area contributed by atoms with Crippen LogP contribution in [0.4, 0.5) is 0 Å². The number of carbonyl (C=O) groups is 1. The minimum atomic E-state index is -1.76. The highest BCUT2D eigenvalue weighted by Crippen LogP contribution is 2.76. The molecule has 19 nitrogen and oxygen atoms in total. The summed E-state index contributed by atoms with van der Waals surface area (Å²) in [5.41, 5.74) is 1.65. The van der Waals surface area contributed by atoms with E-state index in [-0.39, 0.29) is 52.6 Å². The van der Waals surface area contributed by atoms with Crippen LogP contribution in [-0.2, 0) is 39.8 Å². The largest absolute Gasteiger partial charge is 0.394 e. The summed E-state index contributed by atoms with van der Waals surface area (Å²) in [6.07, 6.45) is -7.99. The van der Waals surface area contributed by atoms with Crippen LogP contribution in [0, 0.1) is 50.2 Å². The monoisotopic (exact) mass is 1090 g/mol. The van der Waals surface area contributed by atoms with Crippen molar-refractivity contribution in [1.82, 2.24) is 20.3 Å². The molecule has 3 aliphatic heterocycles. The molecule has 10 rings (SSSR count). The number of carbonyl (C=O) groups excluding carboxylic acids is 1. The predicted octanol–water partition coefficient (Wildman–Crippen LogP) is 3.84. The topological polar surface area (TPSA) is 277 Å². The highest BCUT2D eigenvalue weighted by molar-refractivity contribution is 6.32. The summed E-state index contributed by atoms with van der Waals surface area (Å²) in [6.45, 7) is 17.5. The Balaban J connectivity index is 0.873. The van der Waals surface area contributed by atoms with Crippen LogP contribution in [0.25, 0.3) is 5.69 Å². The van der Waals surface area contributed by atoms with Crippen molar-refractivity contribution in [3.05, 3.63) is 52.8 Å². The third-order valence-electron chi connectivity index (χ3n) is 21.1. The van der Waals surface area contributed by atoms with E-state index in [2.05, 4.69) is 70.2 Å². The van der Waals surface area contributed by atoms with E-state index in [1.807, 2.05) is 30.5 Å². The maximum Gasteiger partial charge on any atom is 0.227 e. The van der Waals surface area contributed by atoms with Gasteiger partial charge in [-0.15, -0.1) is 5.10 Å². The molecule has 5 aliphatic carbocycles. The van der Waals surface area contributed by atoms with Crippen LogP contribution in [0.3, 0.4) is 0 Å². The average molecular weight is 1090 g/mol. The van der Waals surface area contributed by atoms with Crippen LogP contribution in [0.1, 0.15) is 125 Å². The quantitative estimate of drug-likeness (QED) is 0.114. The van der Waals surface area contributed by atoms with Crippen molar-refractivity contribution in [2.45, 2.75) is 218 Å². The van der Waals surface area contributed by atoms with Crippen LogP contribution < -0.4 is 5.32 Å². The number of amides is 1. The molecule has 4 saturated carbocycles.